The Morgan fingerprint density at radius 3 is 2.71 bits per heavy atom. The molecule has 4 heteroatoms. The van der Waals surface area contributed by atoms with Crippen molar-refractivity contribution in [3.63, 3.8) is 0 Å². The summed E-state index contributed by atoms with van der Waals surface area (Å²) in [6.45, 7) is 0.0160. The highest BCUT2D eigenvalue weighted by atomic mass is 79.9. The second-order valence-corrected chi connectivity index (χ2v) is 4.33. The van der Waals surface area contributed by atoms with E-state index in [9.17, 15) is 4.79 Å². The van der Waals surface area contributed by atoms with Gasteiger partial charge in [0.05, 0.1) is 6.20 Å². The van der Waals surface area contributed by atoms with Crippen molar-refractivity contribution in [1.82, 2.24) is 4.98 Å². The lowest BCUT2D eigenvalue weighted by Gasteiger charge is -2.05. The van der Waals surface area contributed by atoms with Crippen LogP contribution in [0.4, 0.5) is 0 Å². The monoisotopic (exact) mass is 291 g/mol. The third kappa shape index (κ3) is 3.39. The summed E-state index contributed by atoms with van der Waals surface area (Å²) in [7, 11) is 0. The number of ketones is 1. The van der Waals surface area contributed by atoms with Crippen molar-refractivity contribution in [2.24, 2.45) is 0 Å². The summed E-state index contributed by atoms with van der Waals surface area (Å²) in [5.74, 6) is 0.522. The summed E-state index contributed by atoms with van der Waals surface area (Å²) in [6.07, 6.45) is 3.23. The summed E-state index contributed by atoms with van der Waals surface area (Å²) in [4.78, 5) is 15.7. The van der Waals surface area contributed by atoms with Gasteiger partial charge in [-0.1, -0.05) is 30.3 Å². The molecule has 0 aliphatic rings. The first-order valence-corrected chi connectivity index (χ1v) is 5.86. The number of rotatable bonds is 4. The molecule has 0 saturated carbocycles. The molecule has 0 amide bonds. The van der Waals surface area contributed by atoms with Crippen LogP contribution in [0.15, 0.2) is 53.3 Å². The normalized spacial score (nSPS) is 9.94. The van der Waals surface area contributed by atoms with Gasteiger partial charge >= 0.3 is 0 Å². The number of hydrogen-bond donors (Lipinski definition) is 0. The number of carbonyl (C=O) groups is 1. The molecule has 0 bridgehead atoms. The number of aromatic nitrogens is 1. The molecule has 0 aliphatic heterocycles. The third-order valence-electron chi connectivity index (χ3n) is 2.15. The van der Waals surface area contributed by atoms with Crippen LogP contribution >= 0.6 is 15.9 Å². The largest absolute Gasteiger partial charge is 0.484 e. The fraction of sp³-hybridized carbons (Fsp3) is 0.0769. The van der Waals surface area contributed by atoms with E-state index in [2.05, 4.69) is 20.9 Å². The molecule has 1 aromatic heterocycles. The number of benzene rings is 1. The van der Waals surface area contributed by atoms with Gasteiger partial charge in [0.2, 0.25) is 0 Å². The van der Waals surface area contributed by atoms with Gasteiger partial charge in [-0.25, -0.2) is 0 Å². The van der Waals surface area contributed by atoms with Crippen LogP contribution in [0.3, 0.4) is 0 Å². The molecule has 0 atom stereocenters. The molecule has 86 valence electrons. The number of ether oxygens (including phenoxy) is 1. The predicted octanol–water partition coefficient (Wildman–Crippen LogP) is 3.11. The first kappa shape index (κ1) is 11.8. The van der Waals surface area contributed by atoms with E-state index >= 15 is 0 Å². The highest BCUT2D eigenvalue weighted by molar-refractivity contribution is 9.10. The zero-order valence-electron chi connectivity index (χ0n) is 8.97. The Balaban J connectivity index is 1.97. The molecule has 0 unspecified atom stereocenters. The van der Waals surface area contributed by atoms with Gasteiger partial charge < -0.3 is 4.74 Å². The van der Waals surface area contributed by atoms with Gasteiger partial charge in [0.1, 0.15) is 5.75 Å². The molecule has 0 aliphatic carbocycles. The zero-order chi connectivity index (χ0) is 12.1. The van der Waals surface area contributed by atoms with Crippen LogP contribution in [-0.4, -0.2) is 17.4 Å². The minimum absolute atomic E-state index is 0.0160. The van der Waals surface area contributed by atoms with Crippen LogP contribution in [0.5, 0.6) is 5.75 Å². The van der Waals surface area contributed by atoms with Crippen LogP contribution in [0, 0.1) is 0 Å². The van der Waals surface area contributed by atoms with E-state index in [0.717, 1.165) is 4.47 Å². The van der Waals surface area contributed by atoms with E-state index in [1.165, 1.54) is 0 Å². The average Bonchev–Trinajstić information content (AvgIpc) is 2.37. The summed E-state index contributed by atoms with van der Waals surface area (Å²) in [5.41, 5.74) is 0.649. The van der Waals surface area contributed by atoms with Gasteiger partial charge in [0.25, 0.3) is 0 Å². The molecule has 2 rings (SSSR count). The maximum Gasteiger partial charge on any atom is 0.200 e. The number of hydrogen-bond acceptors (Lipinski definition) is 3. The highest BCUT2D eigenvalue weighted by Gasteiger charge is 2.06. The lowest BCUT2D eigenvalue weighted by Crippen LogP contribution is -2.11. The summed E-state index contributed by atoms with van der Waals surface area (Å²) in [5, 5.41) is 0. The highest BCUT2D eigenvalue weighted by Crippen LogP contribution is 2.16. The fourth-order valence-corrected chi connectivity index (χ4v) is 1.67. The quantitative estimate of drug-likeness (QED) is 0.813. The van der Waals surface area contributed by atoms with Crippen molar-refractivity contribution in [3.8, 4) is 5.75 Å². The molecule has 0 spiro atoms. The Labute approximate surface area is 108 Å². The minimum atomic E-state index is -0.0504. The molecule has 0 radical (unpaired) electrons. The van der Waals surface area contributed by atoms with E-state index in [-0.39, 0.29) is 12.4 Å². The lowest BCUT2D eigenvalue weighted by molar-refractivity contribution is 0.0921. The topological polar surface area (TPSA) is 39.2 Å². The maximum atomic E-state index is 11.7. The van der Waals surface area contributed by atoms with Gasteiger partial charge in [0.15, 0.2) is 12.4 Å². The number of pyridine rings is 1. The fourth-order valence-electron chi connectivity index (χ4n) is 1.33. The molecule has 0 N–H and O–H groups in total. The molecule has 1 aromatic carbocycles. The summed E-state index contributed by atoms with van der Waals surface area (Å²) in [6, 6.07) is 10.8. The van der Waals surface area contributed by atoms with E-state index in [1.807, 2.05) is 18.2 Å². The lowest BCUT2D eigenvalue weighted by atomic mass is 10.1. The van der Waals surface area contributed by atoms with Crippen LogP contribution in [0.2, 0.25) is 0 Å². The number of halogens is 1. The summed E-state index contributed by atoms with van der Waals surface area (Å²) < 4.78 is 6.18. The van der Waals surface area contributed by atoms with E-state index in [1.54, 1.807) is 30.6 Å². The van der Waals surface area contributed by atoms with Gasteiger partial charge in [0, 0.05) is 16.2 Å². The molecule has 0 fully saturated rings. The Kier molecular flexibility index (Phi) is 3.88. The molecular formula is C13H10BrNO2. The Morgan fingerprint density at radius 2 is 2.00 bits per heavy atom. The SMILES string of the molecule is O=C(COc1cncc(Br)c1)c1ccccc1. The summed E-state index contributed by atoms with van der Waals surface area (Å²) >= 11 is 3.29. The van der Waals surface area contributed by atoms with Crippen molar-refractivity contribution >= 4 is 21.7 Å². The minimum Gasteiger partial charge on any atom is -0.484 e. The van der Waals surface area contributed by atoms with Crippen LogP contribution in [-0.2, 0) is 0 Å². The molecule has 1 heterocycles. The van der Waals surface area contributed by atoms with Gasteiger partial charge in [-0.05, 0) is 22.0 Å². The van der Waals surface area contributed by atoms with Crippen molar-refractivity contribution in [2.75, 3.05) is 6.61 Å². The molecular weight excluding hydrogens is 282 g/mol. The third-order valence-corrected chi connectivity index (χ3v) is 2.58. The van der Waals surface area contributed by atoms with Crippen molar-refractivity contribution in [2.45, 2.75) is 0 Å². The van der Waals surface area contributed by atoms with Gasteiger partial charge in [-0.3, -0.25) is 9.78 Å². The standard InChI is InChI=1S/C13H10BrNO2/c14-11-6-12(8-15-7-11)17-9-13(16)10-4-2-1-3-5-10/h1-8H,9H2. The Bertz CT molecular complexity index is 514. The average molecular weight is 292 g/mol. The van der Waals surface area contributed by atoms with Crippen molar-refractivity contribution in [3.05, 3.63) is 58.8 Å². The van der Waals surface area contributed by atoms with Gasteiger partial charge in [-0.15, -0.1) is 0 Å². The maximum absolute atomic E-state index is 11.7. The Hall–Kier alpha value is -1.68. The molecule has 3 nitrogen and oxygen atoms in total. The van der Waals surface area contributed by atoms with E-state index in [4.69, 9.17) is 4.74 Å². The smallest absolute Gasteiger partial charge is 0.200 e. The molecule has 2 aromatic rings. The van der Waals surface area contributed by atoms with Crippen molar-refractivity contribution in [1.29, 1.82) is 0 Å². The first-order chi connectivity index (χ1) is 8.25. The molecule has 0 saturated heterocycles. The number of Topliss-reactive ketones (excluding diaryl/α,β-unsaturated/α-hetero) is 1. The predicted molar refractivity (Wildman–Crippen MR) is 68.2 cm³/mol. The van der Waals surface area contributed by atoms with Crippen molar-refractivity contribution < 1.29 is 9.53 Å². The number of nitrogens with zero attached hydrogens (tertiary/aromatic N) is 1. The molecule has 17 heavy (non-hydrogen) atoms. The Morgan fingerprint density at radius 1 is 1.24 bits per heavy atom. The van der Waals surface area contributed by atoms with Crippen LogP contribution in [0.25, 0.3) is 0 Å². The second-order valence-electron chi connectivity index (χ2n) is 3.42. The van der Waals surface area contributed by atoms with E-state index < -0.39 is 0 Å². The zero-order valence-corrected chi connectivity index (χ0v) is 10.6. The van der Waals surface area contributed by atoms with Crippen LogP contribution in [0.1, 0.15) is 10.4 Å². The van der Waals surface area contributed by atoms with Crippen LogP contribution < -0.4 is 4.74 Å². The second kappa shape index (κ2) is 5.59. The van der Waals surface area contributed by atoms with E-state index in [0.29, 0.717) is 11.3 Å². The number of carbonyl (C=O) groups excluding carboxylic acids is 1. The van der Waals surface area contributed by atoms with Gasteiger partial charge in [-0.2, -0.15) is 0 Å². The first-order valence-electron chi connectivity index (χ1n) is 5.07.